The summed E-state index contributed by atoms with van der Waals surface area (Å²) in [7, 11) is 0. The Morgan fingerprint density at radius 2 is 0.474 bits per heavy atom. The molecule has 0 amide bonds. The summed E-state index contributed by atoms with van der Waals surface area (Å²) in [5.41, 5.74) is 0.303. The van der Waals surface area contributed by atoms with E-state index in [2.05, 4.69) is 0 Å². The smallest absolute Gasteiger partial charge is 0.0844 e. The summed E-state index contributed by atoms with van der Waals surface area (Å²) in [6.45, 7) is 0. The highest BCUT2D eigenvalue weighted by atomic mass is 15.2. The fourth-order valence-corrected chi connectivity index (χ4v) is 9.11. The molecule has 4 saturated carbocycles. The van der Waals surface area contributed by atoms with Gasteiger partial charge in [-0.2, -0.15) is 10.2 Å². The molecule has 4 rings (SSSR count). The van der Waals surface area contributed by atoms with Crippen LogP contribution in [0.5, 0.6) is 0 Å². The molecule has 4 aliphatic rings. The van der Waals surface area contributed by atoms with Gasteiger partial charge in [0.25, 0.3) is 0 Å². The molecule has 0 bridgehead atoms. The second-order valence-corrected chi connectivity index (χ2v) is 14.4. The van der Waals surface area contributed by atoms with E-state index < -0.39 is 0 Å². The summed E-state index contributed by atoms with van der Waals surface area (Å²) in [6, 6.07) is 0. The molecule has 0 heterocycles. The summed E-state index contributed by atoms with van der Waals surface area (Å²) in [6.07, 6.45) is 45.6. The highest BCUT2D eigenvalue weighted by Gasteiger charge is 2.42. The normalized spacial score (nSPS) is 28.9. The molecule has 0 saturated heterocycles. The lowest BCUT2D eigenvalue weighted by molar-refractivity contribution is 0.151. The van der Waals surface area contributed by atoms with Crippen LogP contribution in [-0.4, -0.2) is 11.1 Å². The van der Waals surface area contributed by atoms with Gasteiger partial charge in [0.1, 0.15) is 0 Å². The Balaban J connectivity index is 1.66. The fraction of sp³-hybridized carbons (Fsp3) is 1.00. The summed E-state index contributed by atoms with van der Waals surface area (Å²) < 4.78 is 0. The molecule has 38 heavy (non-hydrogen) atoms. The minimum atomic E-state index is 0.151. The SMILES string of the molecule is C1CCCCC(C2(N=NC3(C4CCCCCCCC4)CCCCCCCC3)CCCCCCCC2)CCC1. The van der Waals surface area contributed by atoms with Gasteiger partial charge in [-0.1, -0.05) is 154 Å². The Labute approximate surface area is 238 Å². The lowest BCUT2D eigenvalue weighted by Crippen LogP contribution is -2.40. The van der Waals surface area contributed by atoms with Gasteiger partial charge in [0.05, 0.1) is 11.1 Å². The van der Waals surface area contributed by atoms with Gasteiger partial charge < -0.3 is 0 Å². The van der Waals surface area contributed by atoms with Gasteiger partial charge in [-0.15, -0.1) is 0 Å². The van der Waals surface area contributed by atoms with Crippen molar-refractivity contribution in [2.75, 3.05) is 0 Å². The minimum Gasteiger partial charge on any atom is -0.187 e. The first-order valence-corrected chi connectivity index (χ1v) is 18.3. The zero-order chi connectivity index (χ0) is 26.2. The maximum absolute atomic E-state index is 5.86. The van der Waals surface area contributed by atoms with Crippen molar-refractivity contribution in [2.45, 2.75) is 217 Å². The molecule has 0 radical (unpaired) electrons. The molecule has 0 aliphatic heterocycles. The summed E-state index contributed by atoms with van der Waals surface area (Å²) in [5, 5.41) is 11.7. The Hall–Kier alpha value is -0.400. The van der Waals surface area contributed by atoms with Crippen LogP contribution < -0.4 is 0 Å². The van der Waals surface area contributed by atoms with Crippen LogP contribution in [-0.2, 0) is 0 Å². The highest BCUT2D eigenvalue weighted by Crippen LogP contribution is 2.46. The maximum atomic E-state index is 5.86. The Morgan fingerprint density at radius 1 is 0.263 bits per heavy atom. The molecule has 4 fully saturated rings. The summed E-state index contributed by atoms with van der Waals surface area (Å²) >= 11 is 0. The van der Waals surface area contributed by atoms with E-state index in [9.17, 15) is 0 Å². The molecule has 0 atom stereocenters. The third-order valence-electron chi connectivity index (χ3n) is 11.6. The van der Waals surface area contributed by atoms with Crippen molar-refractivity contribution in [3.05, 3.63) is 0 Å². The highest BCUT2D eigenvalue weighted by molar-refractivity contribution is 4.99. The van der Waals surface area contributed by atoms with Crippen molar-refractivity contribution in [1.82, 2.24) is 0 Å². The zero-order valence-electron chi connectivity index (χ0n) is 25.7. The molecule has 0 aromatic heterocycles. The van der Waals surface area contributed by atoms with Gasteiger partial charge in [0.15, 0.2) is 0 Å². The fourth-order valence-electron chi connectivity index (χ4n) is 9.11. The second-order valence-electron chi connectivity index (χ2n) is 14.4. The standard InChI is InChI=1S/C36H66N2/c1-2-10-18-26-33(25-17-9-1)35(29-21-13-5-6-14-22-30-35)37-38-36(31-23-15-7-8-16-24-32-36)34-27-19-11-3-4-12-20-28-34/h33-34H,1-32H2. The van der Waals surface area contributed by atoms with Crippen LogP contribution in [0.1, 0.15) is 205 Å². The monoisotopic (exact) mass is 527 g/mol. The largest absolute Gasteiger partial charge is 0.187 e. The Morgan fingerprint density at radius 3 is 0.737 bits per heavy atom. The van der Waals surface area contributed by atoms with Gasteiger partial charge in [0.2, 0.25) is 0 Å². The third kappa shape index (κ3) is 9.61. The molecule has 0 aromatic carbocycles. The summed E-state index contributed by atoms with van der Waals surface area (Å²) in [4.78, 5) is 0. The number of azo groups is 1. The van der Waals surface area contributed by atoms with E-state index in [1.165, 1.54) is 205 Å². The first-order valence-electron chi connectivity index (χ1n) is 18.3. The molecule has 220 valence electrons. The predicted octanol–water partition coefficient (Wildman–Crippen LogP) is 12.7. The van der Waals surface area contributed by atoms with E-state index in [-0.39, 0.29) is 11.1 Å². The first-order chi connectivity index (χ1) is 18.8. The molecular weight excluding hydrogens is 460 g/mol. The van der Waals surface area contributed by atoms with E-state index >= 15 is 0 Å². The van der Waals surface area contributed by atoms with Crippen molar-refractivity contribution in [2.24, 2.45) is 22.1 Å². The number of hydrogen-bond acceptors (Lipinski definition) is 2. The van der Waals surface area contributed by atoms with Gasteiger partial charge in [0, 0.05) is 0 Å². The van der Waals surface area contributed by atoms with Crippen LogP contribution in [0.15, 0.2) is 10.2 Å². The molecular formula is C36H66N2. The Bertz CT molecular complexity index is 545. The van der Waals surface area contributed by atoms with Crippen molar-refractivity contribution >= 4 is 0 Å². The van der Waals surface area contributed by atoms with E-state index in [0.29, 0.717) is 0 Å². The van der Waals surface area contributed by atoms with Gasteiger partial charge >= 0.3 is 0 Å². The summed E-state index contributed by atoms with van der Waals surface area (Å²) in [5.74, 6) is 1.58. The van der Waals surface area contributed by atoms with Crippen molar-refractivity contribution in [3.63, 3.8) is 0 Å². The van der Waals surface area contributed by atoms with Crippen molar-refractivity contribution < 1.29 is 0 Å². The van der Waals surface area contributed by atoms with E-state index in [0.717, 1.165) is 11.8 Å². The van der Waals surface area contributed by atoms with E-state index in [4.69, 9.17) is 10.2 Å². The van der Waals surface area contributed by atoms with Crippen LogP contribution in [0.2, 0.25) is 0 Å². The predicted molar refractivity (Wildman–Crippen MR) is 165 cm³/mol. The third-order valence-corrected chi connectivity index (χ3v) is 11.6. The molecule has 0 N–H and O–H groups in total. The zero-order valence-corrected chi connectivity index (χ0v) is 25.7. The van der Waals surface area contributed by atoms with Crippen LogP contribution in [0.4, 0.5) is 0 Å². The average Bonchev–Trinajstić information content (AvgIpc) is 3.28. The number of nitrogens with zero attached hydrogens (tertiary/aromatic N) is 2. The molecule has 0 spiro atoms. The van der Waals surface area contributed by atoms with Crippen molar-refractivity contribution in [3.8, 4) is 0 Å². The van der Waals surface area contributed by atoms with E-state index in [1.54, 1.807) is 0 Å². The molecule has 0 aromatic rings. The maximum Gasteiger partial charge on any atom is 0.0844 e. The Kier molecular flexibility index (Phi) is 14.0. The minimum absolute atomic E-state index is 0.151. The second kappa shape index (κ2) is 17.4. The molecule has 0 unspecified atom stereocenters. The van der Waals surface area contributed by atoms with Gasteiger partial charge in [-0.25, -0.2) is 0 Å². The molecule has 2 nitrogen and oxygen atoms in total. The van der Waals surface area contributed by atoms with E-state index in [1.807, 2.05) is 0 Å². The molecule has 4 aliphatic carbocycles. The van der Waals surface area contributed by atoms with Crippen LogP contribution in [0, 0.1) is 11.8 Å². The van der Waals surface area contributed by atoms with Crippen molar-refractivity contribution in [1.29, 1.82) is 0 Å². The van der Waals surface area contributed by atoms with Crippen LogP contribution in [0.3, 0.4) is 0 Å². The first kappa shape index (κ1) is 30.6. The van der Waals surface area contributed by atoms with Gasteiger partial charge in [-0.05, 0) is 63.2 Å². The topological polar surface area (TPSA) is 24.7 Å². The number of rotatable bonds is 4. The lowest BCUT2D eigenvalue weighted by atomic mass is 9.71. The van der Waals surface area contributed by atoms with Crippen LogP contribution >= 0.6 is 0 Å². The quantitative estimate of drug-likeness (QED) is 0.325. The molecule has 2 heteroatoms. The van der Waals surface area contributed by atoms with Gasteiger partial charge in [-0.3, -0.25) is 0 Å². The lowest BCUT2D eigenvalue weighted by Gasteiger charge is -2.41. The average molecular weight is 527 g/mol. The number of hydrogen-bond donors (Lipinski definition) is 0. The van der Waals surface area contributed by atoms with Crippen LogP contribution in [0.25, 0.3) is 0 Å².